The Morgan fingerprint density at radius 3 is 2.70 bits per heavy atom. The number of hydrogen-bond donors (Lipinski definition) is 3. The number of phenols is 1. The molecule has 27 heavy (non-hydrogen) atoms. The van der Waals surface area contributed by atoms with Gasteiger partial charge in [0, 0.05) is 24.1 Å². The molecule has 0 saturated heterocycles. The molecule has 1 atom stereocenters. The Hall–Kier alpha value is -3.32. The van der Waals surface area contributed by atoms with Crippen molar-refractivity contribution in [3.8, 4) is 23.1 Å². The van der Waals surface area contributed by atoms with Gasteiger partial charge in [-0.3, -0.25) is 5.41 Å². The molecule has 0 radical (unpaired) electrons. The molecule has 3 N–H and O–H groups in total. The number of nitrogens with zero attached hydrogens (tertiary/aromatic N) is 2. The summed E-state index contributed by atoms with van der Waals surface area (Å²) < 4.78 is 12.7. The Morgan fingerprint density at radius 2 is 2.00 bits per heavy atom. The predicted octanol–water partition coefficient (Wildman–Crippen LogP) is 2.35. The van der Waals surface area contributed by atoms with E-state index in [0.717, 1.165) is 16.9 Å². The smallest absolute Gasteiger partial charge is 0.228 e. The molecular weight excluding hydrogens is 346 g/mol. The average Bonchev–Trinajstić information content (AvgIpc) is 2.69. The molecule has 0 bridgehead atoms. The Morgan fingerprint density at radius 1 is 1.22 bits per heavy atom. The lowest BCUT2D eigenvalue weighted by atomic mass is 9.84. The number of aromatic nitrogens is 2. The van der Waals surface area contributed by atoms with Crippen molar-refractivity contribution in [3.63, 3.8) is 0 Å². The van der Waals surface area contributed by atoms with E-state index >= 15 is 0 Å². The molecule has 4 rings (SSSR count). The summed E-state index contributed by atoms with van der Waals surface area (Å²) in [4.78, 5) is 4.34. The Bertz CT molecular complexity index is 1040. The Labute approximate surface area is 155 Å². The van der Waals surface area contributed by atoms with E-state index in [4.69, 9.17) is 14.9 Å². The molecule has 0 aliphatic carbocycles. The number of aliphatic hydroxyl groups is 1. The van der Waals surface area contributed by atoms with Crippen LogP contribution >= 0.6 is 0 Å². The first-order chi connectivity index (χ1) is 13.1. The largest absolute Gasteiger partial charge is 0.508 e. The van der Waals surface area contributed by atoms with Crippen LogP contribution in [0.5, 0.6) is 23.1 Å². The van der Waals surface area contributed by atoms with E-state index in [1.165, 1.54) is 6.33 Å². The molecule has 138 valence electrons. The van der Waals surface area contributed by atoms with Gasteiger partial charge < -0.3 is 24.3 Å². The number of hydrogen-bond acceptors (Lipinski definition) is 6. The van der Waals surface area contributed by atoms with Gasteiger partial charge in [-0.2, -0.15) is 0 Å². The quantitative estimate of drug-likeness (QED) is 0.515. The van der Waals surface area contributed by atoms with Crippen molar-refractivity contribution in [2.24, 2.45) is 0 Å². The number of aromatic hydroxyl groups is 1. The Balaban J connectivity index is 1.95. The molecule has 0 spiro atoms. The third-order valence-corrected chi connectivity index (χ3v) is 4.68. The normalized spacial score (nSPS) is 14.8. The zero-order valence-electron chi connectivity index (χ0n) is 14.7. The maximum atomic E-state index is 9.84. The molecular formula is C20H19N3O4. The zero-order chi connectivity index (χ0) is 19.0. The highest BCUT2D eigenvalue weighted by Gasteiger charge is 2.32. The molecule has 1 aliphatic heterocycles. The summed E-state index contributed by atoms with van der Waals surface area (Å²) in [6, 6.07) is 12.6. The summed E-state index contributed by atoms with van der Waals surface area (Å²) in [6.07, 6.45) is 1.48. The van der Waals surface area contributed by atoms with Crippen molar-refractivity contribution in [3.05, 3.63) is 71.0 Å². The van der Waals surface area contributed by atoms with E-state index in [0.29, 0.717) is 17.2 Å². The summed E-state index contributed by atoms with van der Waals surface area (Å²) in [7, 11) is 1.61. The first-order valence-electron chi connectivity index (χ1n) is 8.52. The fourth-order valence-corrected chi connectivity index (χ4v) is 3.38. The molecule has 2 aromatic carbocycles. The lowest BCUT2D eigenvalue weighted by Crippen LogP contribution is -2.30. The van der Waals surface area contributed by atoms with Crippen molar-refractivity contribution in [1.29, 1.82) is 5.41 Å². The summed E-state index contributed by atoms with van der Waals surface area (Å²) in [6.45, 7) is 0.187. The van der Waals surface area contributed by atoms with Gasteiger partial charge >= 0.3 is 0 Å². The lowest BCUT2D eigenvalue weighted by Gasteiger charge is -2.28. The van der Waals surface area contributed by atoms with E-state index in [1.54, 1.807) is 29.9 Å². The van der Waals surface area contributed by atoms with Gasteiger partial charge in [-0.25, -0.2) is 4.98 Å². The fraction of sp³-hybridized carbons (Fsp3) is 0.200. The molecule has 1 aromatic heterocycles. The highest BCUT2D eigenvalue weighted by molar-refractivity contribution is 5.57. The molecule has 0 fully saturated rings. The molecule has 2 heterocycles. The minimum atomic E-state index is -0.290. The van der Waals surface area contributed by atoms with Crippen LogP contribution in [-0.2, 0) is 6.54 Å². The van der Waals surface area contributed by atoms with Crippen molar-refractivity contribution < 1.29 is 19.7 Å². The second-order valence-electron chi connectivity index (χ2n) is 6.26. The maximum Gasteiger partial charge on any atom is 0.228 e. The van der Waals surface area contributed by atoms with E-state index in [1.807, 2.05) is 24.3 Å². The number of fused-ring (bicyclic) bond motifs is 2. The number of rotatable bonds is 4. The van der Waals surface area contributed by atoms with E-state index in [9.17, 15) is 10.2 Å². The van der Waals surface area contributed by atoms with Gasteiger partial charge in [0.15, 0.2) is 0 Å². The number of phenolic OH excluding ortho intramolecular Hbond substituents is 1. The molecule has 0 saturated carbocycles. The number of aliphatic hydroxyl groups excluding tert-OH is 1. The lowest BCUT2D eigenvalue weighted by molar-refractivity contribution is 0.271. The molecule has 7 heteroatoms. The van der Waals surface area contributed by atoms with Gasteiger partial charge in [0.05, 0.1) is 19.3 Å². The standard InChI is InChI=1S/C20H19N3O4/c1-26-14-5-2-12(3-6-14)17-15-7-4-13(25)10-16(15)27-20-18(17)19(21)23(8-9-24)11-22-20/h2-7,10-11,17,21,24-25H,8-9H2,1H3/t17-/m0/s1. The van der Waals surface area contributed by atoms with Gasteiger partial charge in [0.25, 0.3) is 0 Å². The van der Waals surface area contributed by atoms with Crippen LogP contribution in [0.25, 0.3) is 0 Å². The topological polar surface area (TPSA) is 101 Å². The van der Waals surface area contributed by atoms with Crippen LogP contribution in [0.3, 0.4) is 0 Å². The average molecular weight is 365 g/mol. The van der Waals surface area contributed by atoms with Gasteiger partial charge in [-0.05, 0) is 23.8 Å². The van der Waals surface area contributed by atoms with Crippen molar-refractivity contribution in [2.75, 3.05) is 13.7 Å². The van der Waals surface area contributed by atoms with Crippen LogP contribution < -0.4 is 15.0 Å². The van der Waals surface area contributed by atoms with E-state index in [-0.39, 0.29) is 30.3 Å². The summed E-state index contributed by atoms with van der Waals surface area (Å²) >= 11 is 0. The second-order valence-corrected chi connectivity index (χ2v) is 6.26. The second kappa shape index (κ2) is 6.77. The summed E-state index contributed by atoms with van der Waals surface area (Å²) in [5.41, 5.74) is 2.63. The van der Waals surface area contributed by atoms with Gasteiger partial charge in [-0.1, -0.05) is 18.2 Å². The molecule has 0 amide bonds. The maximum absolute atomic E-state index is 9.84. The summed E-state index contributed by atoms with van der Waals surface area (Å²) in [5.74, 6) is 1.39. The molecule has 7 nitrogen and oxygen atoms in total. The molecule has 0 unspecified atom stereocenters. The first kappa shape index (κ1) is 17.1. The monoisotopic (exact) mass is 365 g/mol. The highest BCUT2D eigenvalue weighted by atomic mass is 16.5. The highest BCUT2D eigenvalue weighted by Crippen LogP contribution is 2.46. The van der Waals surface area contributed by atoms with Crippen LogP contribution in [-0.4, -0.2) is 33.5 Å². The Kier molecular flexibility index (Phi) is 4.29. The van der Waals surface area contributed by atoms with Crippen LogP contribution in [0, 0.1) is 5.41 Å². The van der Waals surface area contributed by atoms with Crippen molar-refractivity contribution in [2.45, 2.75) is 12.5 Å². The number of ether oxygens (including phenoxy) is 2. The minimum absolute atomic E-state index is 0.0878. The summed E-state index contributed by atoms with van der Waals surface area (Å²) in [5, 5.41) is 27.7. The van der Waals surface area contributed by atoms with Crippen LogP contribution in [0.4, 0.5) is 0 Å². The van der Waals surface area contributed by atoms with Gasteiger partial charge in [-0.15, -0.1) is 0 Å². The minimum Gasteiger partial charge on any atom is -0.508 e. The van der Waals surface area contributed by atoms with E-state index < -0.39 is 0 Å². The SMILES string of the molecule is COc1ccc([C@H]2c3ccc(O)cc3Oc3ncn(CCO)c(=N)c32)cc1. The number of methoxy groups -OCH3 is 1. The third-order valence-electron chi connectivity index (χ3n) is 4.68. The van der Waals surface area contributed by atoms with Crippen molar-refractivity contribution >= 4 is 0 Å². The third kappa shape index (κ3) is 2.92. The first-order valence-corrected chi connectivity index (χ1v) is 8.52. The van der Waals surface area contributed by atoms with Crippen LogP contribution in [0.15, 0.2) is 48.8 Å². The molecule has 3 aromatic rings. The molecule has 1 aliphatic rings. The zero-order valence-corrected chi connectivity index (χ0v) is 14.7. The van der Waals surface area contributed by atoms with Crippen LogP contribution in [0.1, 0.15) is 22.6 Å². The predicted molar refractivity (Wildman–Crippen MR) is 97.3 cm³/mol. The fourth-order valence-electron chi connectivity index (χ4n) is 3.38. The van der Waals surface area contributed by atoms with Crippen LogP contribution in [0.2, 0.25) is 0 Å². The van der Waals surface area contributed by atoms with E-state index in [2.05, 4.69) is 4.98 Å². The number of benzene rings is 2. The number of nitrogens with one attached hydrogen (secondary N) is 1. The van der Waals surface area contributed by atoms with Crippen molar-refractivity contribution in [1.82, 2.24) is 9.55 Å². The van der Waals surface area contributed by atoms with Gasteiger partial charge in [0.2, 0.25) is 5.88 Å². The van der Waals surface area contributed by atoms with Gasteiger partial charge in [0.1, 0.15) is 29.1 Å².